The van der Waals surface area contributed by atoms with Crippen molar-refractivity contribution in [3.05, 3.63) is 92.4 Å². The highest BCUT2D eigenvalue weighted by atomic mass is 31.2. The molecule has 0 spiro atoms. The zero-order valence-corrected chi connectivity index (χ0v) is 20.3. The Kier molecular flexibility index (Phi) is 9.09. The van der Waals surface area contributed by atoms with Gasteiger partial charge in [-0.2, -0.15) is 0 Å². The molecule has 1 aliphatic heterocycles. The number of ether oxygens (including phenoxy) is 1. The van der Waals surface area contributed by atoms with Crippen molar-refractivity contribution in [3.8, 4) is 0 Å². The molecule has 194 valence electrons. The van der Waals surface area contributed by atoms with Crippen molar-refractivity contribution in [1.29, 1.82) is 0 Å². The smallest absolute Gasteiger partial charge is 0.387 e. The Balaban J connectivity index is 1.85. The summed E-state index contributed by atoms with van der Waals surface area (Å²) in [5.41, 5.74) is 0.809. The Hall–Kier alpha value is -2.96. The van der Waals surface area contributed by atoms with Gasteiger partial charge in [0.15, 0.2) is 6.23 Å². The minimum Gasteiger partial charge on any atom is -0.387 e. The number of aliphatic imine (C=N–C) groups is 1. The number of rotatable bonds is 10. The van der Waals surface area contributed by atoms with E-state index in [0.29, 0.717) is 12.1 Å². The van der Waals surface area contributed by atoms with E-state index >= 15 is 0 Å². The van der Waals surface area contributed by atoms with Crippen LogP contribution in [0.15, 0.2) is 80.6 Å². The molecule has 3 rings (SSSR count). The number of hydrogen-bond donors (Lipinski definition) is 4. The molecular formula is C23H28N3O9P. The standard InChI is InChI=1S/C23H28N3O9P/c1-3-15(11-16-7-5-4-6-8-16)12-17(24-2)13-26-19(27)9-10-25(23(26)30)22-21(29)20(28)18(35-22)14-34-36(31,32)33/h3-10,12,18,20-22,28-29H,2,11,13-14H2,1H3,(H2,31,32,33)/b15-3-,17-12-/t18-,20?,21?,22-/m1/s1. The van der Waals surface area contributed by atoms with E-state index in [1.54, 1.807) is 6.08 Å². The fraction of sp³-hybridized carbons (Fsp3) is 0.348. The molecular weight excluding hydrogens is 493 g/mol. The van der Waals surface area contributed by atoms with Crippen LogP contribution in [0.4, 0.5) is 0 Å². The summed E-state index contributed by atoms with van der Waals surface area (Å²) in [4.78, 5) is 47.4. The van der Waals surface area contributed by atoms with Gasteiger partial charge in [0.05, 0.1) is 18.8 Å². The molecule has 13 heteroatoms. The van der Waals surface area contributed by atoms with Gasteiger partial charge < -0.3 is 24.7 Å². The summed E-state index contributed by atoms with van der Waals surface area (Å²) in [6.07, 6.45) is -0.685. The van der Waals surface area contributed by atoms with Crippen LogP contribution in [0.25, 0.3) is 0 Å². The van der Waals surface area contributed by atoms with Crippen molar-refractivity contribution in [2.24, 2.45) is 4.99 Å². The van der Waals surface area contributed by atoms with Gasteiger partial charge in [0.2, 0.25) is 0 Å². The van der Waals surface area contributed by atoms with E-state index in [2.05, 4.69) is 16.2 Å². The fourth-order valence-corrected chi connectivity index (χ4v) is 4.06. The maximum atomic E-state index is 13.1. The van der Waals surface area contributed by atoms with Crippen LogP contribution in [-0.2, 0) is 26.8 Å². The molecule has 2 heterocycles. The molecule has 0 amide bonds. The van der Waals surface area contributed by atoms with E-state index in [9.17, 15) is 24.4 Å². The first-order valence-electron chi connectivity index (χ1n) is 10.9. The number of benzene rings is 1. The SMILES string of the molecule is C=N/C(=C\C(=C/C)Cc1ccccc1)Cn1c(=O)ccn([C@@H]2O[C@H](COP(=O)(O)O)C(O)C2O)c1=O. The maximum Gasteiger partial charge on any atom is 0.469 e. The molecule has 2 unspecified atom stereocenters. The molecule has 4 N–H and O–H groups in total. The van der Waals surface area contributed by atoms with Gasteiger partial charge in [-0.25, -0.2) is 9.36 Å². The molecule has 0 saturated carbocycles. The molecule has 1 aromatic carbocycles. The number of phosphoric acid groups is 1. The molecule has 1 fully saturated rings. The topological polar surface area (TPSA) is 173 Å². The average molecular weight is 521 g/mol. The highest BCUT2D eigenvalue weighted by molar-refractivity contribution is 7.46. The molecule has 2 aromatic rings. The second-order valence-corrected chi connectivity index (χ2v) is 9.32. The predicted octanol–water partition coefficient (Wildman–Crippen LogP) is 0.512. The lowest BCUT2D eigenvalue weighted by Crippen LogP contribution is -2.43. The molecule has 0 aliphatic carbocycles. The van der Waals surface area contributed by atoms with Gasteiger partial charge in [-0.05, 0) is 37.3 Å². The van der Waals surface area contributed by atoms with E-state index in [1.165, 1.54) is 0 Å². The third-order valence-corrected chi connectivity index (χ3v) is 6.10. The molecule has 0 bridgehead atoms. The summed E-state index contributed by atoms with van der Waals surface area (Å²) in [5.74, 6) is 0. The maximum absolute atomic E-state index is 13.1. The van der Waals surface area contributed by atoms with Crippen molar-refractivity contribution < 1.29 is 33.8 Å². The Morgan fingerprint density at radius 2 is 1.89 bits per heavy atom. The normalized spacial score (nSPS) is 23.1. The Morgan fingerprint density at radius 1 is 1.19 bits per heavy atom. The van der Waals surface area contributed by atoms with Crippen molar-refractivity contribution in [1.82, 2.24) is 9.13 Å². The Morgan fingerprint density at radius 3 is 2.50 bits per heavy atom. The first-order chi connectivity index (χ1) is 17.0. The van der Waals surface area contributed by atoms with Crippen LogP contribution < -0.4 is 11.2 Å². The monoisotopic (exact) mass is 521 g/mol. The third kappa shape index (κ3) is 6.83. The van der Waals surface area contributed by atoms with Crippen molar-refractivity contribution in [2.75, 3.05) is 6.61 Å². The molecule has 12 nitrogen and oxygen atoms in total. The largest absolute Gasteiger partial charge is 0.469 e. The lowest BCUT2D eigenvalue weighted by atomic mass is 10.0. The van der Waals surface area contributed by atoms with Gasteiger partial charge in [-0.1, -0.05) is 36.4 Å². The lowest BCUT2D eigenvalue weighted by molar-refractivity contribution is -0.0548. The molecule has 4 atom stereocenters. The van der Waals surface area contributed by atoms with E-state index < -0.39 is 50.2 Å². The van der Waals surface area contributed by atoms with Crippen LogP contribution in [0.5, 0.6) is 0 Å². The molecule has 1 aliphatic rings. The molecule has 36 heavy (non-hydrogen) atoms. The highest BCUT2D eigenvalue weighted by Crippen LogP contribution is 2.38. The first-order valence-corrected chi connectivity index (χ1v) is 12.5. The minimum absolute atomic E-state index is 0.218. The predicted molar refractivity (Wildman–Crippen MR) is 130 cm³/mol. The van der Waals surface area contributed by atoms with Gasteiger partial charge in [0, 0.05) is 12.3 Å². The summed E-state index contributed by atoms with van der Waals surface area (Å²) in [6, 6.07) is 10.8. The van der Waals surface area contributed by atoms with Gasteiger partial charge >= 0.3 is 13.5 Å². The lowest BCUT2D eigenvalue weighted by Gasteiger charge is -2.19. The quantitative estimate of drug-likeness (QED) is 0.197. The van der Waals surface area contributed by atoms with E-state index in [4.69, 9.17) is 14.5 Å². The van der Waals surface area contributed by atoms with Crippen molar-refractivity contribution in [3.63, 3.8) is 0 Å². The number of aliphatic hydroxyl groups is 2. The summed E-state index contributed by atoms with van der Waals surface area (Å²) < 4.78 is 22.5. The van der Waals surface area contributed by atoms with Crippen LogP contribution in [0.1, 0.15) is 18.7 Å². The van der Waals surface area contributed by atoms with Crippen molar-refractivity contribution >= 4 is 14.5 Å². The van der Waals surface area contributed by atoms with Crippen LogP contribution in [0, 0.1) is 0 Å². The number of phosphoric ester groups is 1. The number of hydrogen-bond acceptors (Lipinski definition) is 8. The number of aliphatic hydroxyl groups excluding tert-OH is 2. The van der Waals surface area contributed by atoms with Gasteiger partial charge in [0.1, 0.15) is 18.3 Å². The van der Waals surface area contributed by atoms with Gasteiger partial charge in [0.25, 0.3) is 5.56 Å². The minimum atomic E-state index is -4.85. The van der Waals surface area contributed by atoms with E-state index in [1.807, 2.05) is 43.3 Å². The number of allylic oxidation sites excluding steroid dienone is 4. The summed E-state index contributed by atoms with van der Waals surface area (Å²) in [7, 11) is -4.85. The van der Waals surface area contributed by atoms with Crippen LogP contribution in [-0.4, -0.2) is 60.8 Å². The van der Waals surface area contributed by atoms with E-state index in [0.717, 1.165) is 32.5 Å². The second-order valence-electron chi connectivity index (χ2n) is 8.08. The summed E-state index contributed by atoms with van der Waals surface area (Å²) in [5, 5.41) is 20.6. The fourth-order valence-electron chi connectivity index (χ4n) is 3.72. The van der Waals surface area contributed by atoms with E-state index in [-0.39, 0.29) is 6.54 Å². The third-order valence-electron chi connectivity index (χ3n) is 5.61. The van der Waals surface area contributed by atoms with Gasteiger partial charge in [-0.3, -0.25) is 23.4 Å². The van der Waals surface area contributed by atoms with Crippen LogP contribution in [0.3, 0.4) is 0 Å². The Labute approximate surface area is 206 Å². The van der Waals surface area contributed by atoms with Crippen LogP contribution >= 0.6 is 7.82 Å². The van der Waals surface area contributed by atoms with Gasteiger partial charge in [-0.15, -0.1) is 0 Å². The molecule has 1 saturated heterocycles. The number of nitrogens with zero attached hydrogens (tertiary/aromatic N) is 3. The van der Waals surface area contributed by atoms with Crippen molar-refractivity contribution in [2.45, 2.75) is 44.4 Å². The zero-order valence-electron chi connectivity index (χ0n) is 19.5. The number of aromatic nitrogens is 2. The first kappa shape index (κ1) is 27.6. The second kappa shape index (κ2) is 11.8. The highest BCUT2D eigenvalue weighted by Gasteiger charge is 2.45. The summed E-state index contributed by atoms with van der Waals surface area (Å²) >= 11 is 0. The molecule has 0 radical (unpaired) electrons. The average Bonchev–Trinajstić information content (AvgIpc) is 3.12. The zero-order chi connectivity index (χ0) is 26.5. The summed E-state index contributed by atoms with van der Waals surface area (Å²) in [6.45, 7) is 4.45. The Bertz CT molecular complexity index is 1300. The molecule has 1 aromatic heterocycles. The van der Waals surface area contributed by atoms with Crippen LogP contribution in [0.2, 0.25) is 0 Å².